The second-order valence-electron chi connectivity index (χ2n) is 4.72. The molecule has 20 heavy (non-hydrogen) atoms. The van der Waals surface area contributed by atoms with Gasteiger partial charge in [0.2, 0.25) is 5.91 Å². The third-order valence-corrected chi connectivity index (χ3v) is 3.17. The van der Waals surface area contributed by atoms with Gasteiger partial charge in [-0.2, -0.15) is 0 Å². The summed E-state index contributed by atoms with van der Waals surface area (Å²) in [6, 6.07) is 1.93. The monoisotopic (exact) mass is 278 g/mol. The highest BCUT2D eigenvalue weighted by Gasteiger charge is 2.21. The van der Waals surface area contributed by atoms with Crippen LogP contribution in [0.4, 0.5) is 4.39 Å². The van der Waals surface area contributed by atoms with Gasteiger partial charge in [0.05, 0.1) is 5.52 Å². The molecule has 0 saturated carbocycles. The van der Waals surface area contributed by atoms with Crippen molar-refractivity contribution in [2.75, 3.05) is 0 Å². The van der Waals surface area contributed by atoms with Gasteiger partial charge in [0, 0.05) is 24.9 Å². The van der Waals surface area contributed by atoms with E-state index >= 15 is 0 Å². The molecule has 0 bridgehead atoms. The van der Waals surface area contributed by atoms with Gasteiger partial charge in [0.25, 0.3) is 0 Å². The van der Waals surface area contributed by atoms with Gasteiger partial charge in [0.15, 0.2) is 0 Å². The van der Waals surface area contributed by atoms with Crippen molar-refractivity contribution in [3.8, 4) is 0 Å². The van der Waals surface area contributed by atoms with Crippen LogP contribution in [0, 0.1) is 12.7 Å². The van der Waals surface area contributed by atoms with E-state index in [2.05, 4.69) is 10.3 Å². The Labute approximate surface area is 114 Å². The van der Waals surface area contributed by atoms with Crippen LogP contribution < -0.4 is 5.32 Å². The lowest BCUT2D eigenvalue weighted by Gasteiger charge is -2.12. The quantitative estimate of drug-likeness (QED) is 0.796. The lowest BCUT2D eigenvalue weighted by molar-refractivity contribution is -0.141. The molecule has 0 saturated heterocycles. The molecular weight excluding hydrogens is 263 g/mol. The maximum Gasteiger partial charge on any atom is 0.326 e. The van der Waals surface area contributed by atoms with E-state index < -0.39 is 23.7 Å². The number of carboxylic acids is 1. The summed E-state index contributed by atoms with van der Waals surface area (Å²) in [4.78, 5) is 25.1. The third kappa shape index (κ3) is 2.64. The van der Waals surface area contributed by atoms with Gasteiger partial charge < -0.3 is 15.4 Å². The molecule has 0 aliphatic heterocycles. The first-order valence-corrected chi connectivity index (χ1v) is 6.15. The summed E-state index contributed by atoms with van der Waals surface area (Å²) in [6.45, 7) is 3.08. The Balaban J connectivity index is 2.40. The molecule has 1 heterocycles. The van der Waals surface area contributed by atoms with Crippen molar-refractivity contribution in [2.45, 2.75) is 26.3 Å². The SMILES string of the molecule is CC(=O)NC(Cc1c[nH]c2c(C)ccc(F)c12)C(=O)O. The van der Waals surface area contributed by atoms with Gasteiger partial charge in [0.1, 0.15) is 11.9 Å². The Morgan fingerprint density at radius 1 is 1.45 bits per heavy atom. The zero-order valence-electron chi connectivity index (χ0n) is 11.2. The second kappa shape index (κ2) is 5.32. The smallest absolute Gasteiger partial charge is 0.326 e. The molecule has 2 rings (SSSR count). The summed E-state index contributed by atoms with van der Waals surface area (Å²) in [7, 11) is 0. The number of amides is 1. The van der Waals surface area contributed by atoms with Crippen LogP contribution in [-0.4, -0.2) is 28.0 Å². The molecule has 0 spiro atoms. The predicted molar refractivity (Wildman–Crippen MR) is 71.9 cm³/mol. The minimum atomic E-state index is -1.15. The molecule has 1 aromatic carbocycles. The Morgan fingerprint density at radius 2 is 2.15 bits per heavy atom. The number of carbonyl (C=O) groups excluding carboxylic acids is 1. The van der Waals surface area contributed by atoms with Crippen LogP contribution in [0.25, 0.3) is 10.9 Å². The molecule has 5 nitrogen and oxygen atoms in total. The van der Waals surface area contributed by atoms with E-state index in [1.807, 2.05) is 6.92 Å². The van der Waals surface area contributed by atoms with Crippen molar-refractivity contribution in [1.82, 2.24) is 10.3 Å². The zero-order valence-corrected chi connectivity index (χ0v) is 11.2. The number of carbonyl (C=O) groups is 2. The lowest BCUT2D eigenvalue weighted by Crippen LogP contribution is -2.41. The fraction of sp³-hybridized carbons (Fsp3) is 0.286. The number of fused-ring (bicyclic) bond motifs is 1. The van der Waals surface area contributed by atoms with Gasteiger partial charge >= 0.3 is 5.97 Å². The van der Waals surface area contributed by atoms with Gasteiger partial charge in [-0.3, -0.25) is 4.79 Å². The predicted octanol–water partition coefficient (Wildman–Crippen LogP) is 1.75. The van der Waals surface area contributed by atoms with Gasteiger partial charge in [-0.25, -0.2) is 9.18 Å². The van der Waals surface area contributed by atoms with Crippen molar-refractivity contribution in [3.63, 3.8) is 0 Å². The summed E-state index contributed by atoms with van der Waals surface area (Å²) in [5, 5.41) is 11.8. The number of aromatic nitrogens is 1. The Kier molecular flexibility index (Phi) is 3.74. The molecule has 2 aromatic rings. The number of aromatic amines is 1. The van der Waals surface area contributed by atoms with Gasteiger partial charge in [-0.15, -0.1) is 0 Å². The number of H-pyrrole nitrogens is 1. The van der Waals surface area contributed by atoms with Crippen LogP contribution >= 0.6 is 0 Å². The highest BCUT2D eigenvalue weighted by Crippen LogP contribution is 2.25. The Bertz CT molecular complexity index is 678. The fourth-order valence-corrected chi connectivity index (χ4v) is 2.24. The molecule has 6 heteroatoms. The third-order valence-electron chi connectivity index (χ3n) is 3.17. The number of aliphatic carboxylic acids is 1. The summed E-state index contributed by atoms with van der Waals surface area (Å²) in [5.74, 6) is -2.00. The molecule has 0 aliphatic carbocycles. The first-order valence-electron chi connectivity index (χ1n) is 6.15. The van der Waals surface area contributed by atoms with Crippen LogP contribution in [0.15, 0.2) is 18.3 Å². The largest absolute Gasteiger partial charge is 0.480 e. The summed E-state index contributed by atoms with van der Waals surface area (Å²) < 4.78 is 13.9. The minimum absolute atomic E-state index is 0.0231. The van der Waals surface area contributed by atoms with Crippen molar-refractivity contribution in [3.05, 3.63) is 35.3 Å². The highest BCUT2D eigenvalue weighted by molar-refractivity contribution is 5.88. The van der Waals surface area contributed by atoms with Crippen molar-refractivity contribution < 1.29 is 19.1 Å². The number of carboxylic acid groups (broad SMARTS) is 1. The van der Waals surface area contributed by atoms with Crippen LogP contribution in [0.2, 0.25) is 0 Å². The van der Waals surface area contributed by atoms with E-state index in [0.29, 0.717) is 16.5 Å². The van der Waals surface area contributed by atoms with Crippen LogP contribution in [0.1, 0.15) is 18.1 Å². The van der Waals surface area contributed by atoms with Crippen LogP contribution in [0.5, 0.6) is 0 Å². The Hall–Kier alpha value is -2.37. The molecule has 3 N–H and O–H groups in total. The van der Waals surface area contributed by atoms with E-state index in [1.165, 1.54) is 13.0 Å². The molecule has 0 fully saturated rings. The molecule has 0 aliphatic rings. The summed E-state index contributed by atoms with van der Waals surface area (Å²) in [6.07, 6.45) is 1.60. The lowest BCUT2D eigenvalue weighted by atomic mass is 10.0. The molecule has 1 aromatic heterocycles. The first-order chi connectivity index (χ1) is 9.40. The first kappa shape index (κ1) is 14.0. The van der Waals surface area contributed by atoms with Crippen LogP contribution in [-0.2, 0) is 16.0 Å². The van der Waals surface area contributed by atoms with Crippen molar-refractivity contribution in [2.24, 2.45) is 0 Å². The molecule has 0 radical (unpaired) electrons. The fourth-order valence-electron chi connectivity index (χ4n) is 2.24. The van der Waals surface area contributed by atoms with E-state index in [0.717, 1.165) is 5.56 Å². The van der Waals surface area contributed by atoms with Crippen molar-refractivity contribution >= 4 is 22.8 Å². The molecule has 1 unspecified atom stereocenters. The number of hydrogen-bond acceptors (Lipinski definition) is 2. The van der Waals surface area contributed by atoms with Gasteiger partial charge in [-0.1, -0.05) is 6.07 Å². The topological polar surface area (TPSA) is 82.2 Å². The maximum absolute atomic E-state index is 13.9. The average Bonchev–Trinajstić information content (AvgIpc) is 2.77. The standard InChI is InChI=1S/C14H15FN2O3/c1-7-3-4-10(15)12-9(6-16-13(7)12)5-11(14(19)20)17-8(2)18/h3-4,6,11,16H,5H2,1-2H3,(H,17,18)(H,19,20). The van der Waals surface area contributed by atoms with E-state index in [-0.39, 0.29) is 6.42 Å². The number of benzene rings is 1. The van der Waals surface area contributed by atoms with E-state index in [9.17, 15) is 14.0 Å². The molecule has 1 atom stereocenters. The second-order valence-corrected chi connectivity index (χ2v) is 4.72. The number of aryl methyl sites for hydroxylation is 1. The average molecular weight is 278 g/mol. The van der Waals surface area contributed by atoms with Crippen molar-refractivity contribution in [1.29, 1.82) is 0 Å². The van der Waals surface area contributed by atoms with E-state index in [1.54, 1.807) is 12.3 Å². The maximum atomic E-state index is 13.9. The Morgan fingerprint density at radius 3 is 2.75 bits per heavy atom. The van der Waals surface area contributed by atoms with Crippen LogP contribution in [0.3, 0.4) is 0 Å². The highest BCUT2D eigenvalue weighted by atomic mass is 19.1. The minimum Gasteiger partial charge on any atom is -0.480 e. The normalized spacial score (nSPS) is 12.3. The molecular formula is C14H15FN2O3. The molecule has 106 valence electrons. The van der Waals surface area contributed by atoms with Gasteiger partial charge in [-0.05, 0) is 24.1 Å². The number of nitrogens with one attached hydrogen (secondary N) is 2. The number of halogens is 1. The number of hydrogen-bond donors (Lipinski definition) is 3. The van der Waals surface area contributed by atoms with E-state index in [4.69, 9.17) is 5.11 Å². The number of rotatable bonds is 4. The summed E-state index contributed by atoms with van der Waals surface area (Å²) in [5.41, 5.74) is 2.05. The zero-order chi connectivity index (χ0) is 14.9. The summed E-state index contributed by atoms with van der Waals surface area (Å²) >= 11 is 0. The molecule has 1 amide bonds.